The summed E-state index contributed by atoms with van der Waals surface area (Å²) in [4.78, 5) is 24.0. The number of ketones is 1. The highest BCUT2D eigenvalue weighted by molar-refractivity contribution is 8.00. The van der Waals surface area contributed by atoms with Gasteiger partial charge in [0.25, 0.3) is 0 Å². The fourth-order valence-electron chi connectivity index (χ4n) is 2.54. The lowest BCUT2D eigenvalue weighted by atomic mass is 10.1. The van der Waals surface area contributed by atoms with Crippen LogP contribution in [0.25, 0.3) is 11.4 Å². The molecule has 1 aromatic heterocycles. The van der Waals surface area contributed by atoms with Gasteiger partial charge in [0.15, 0.2) is 16.8 Å². The van der Waals surface area contributed by atoms with E-state index in [4.69, 9.17) is 11.6 Å². The van der Waals surface area contributed by atoms with Crippen LogP contribution >= 0.6 is 23.4 Å². The van der Waals surface area contributed by atoms with Gasteiger partial charge in [0.1, 0.15) is 0 Å². The first-order chi connectivity index (χ1) is 13.3. The van der Waals surface area contributed by atoms with E-state index in [2.05, 4.69) is 15.5 Å². The number of thioether (sulfide) groups is 1. The minimum absolute atomic E-state index is 0.0488. The van der Waals surface area contributed by atoms with Crippen molar-refractivity contribution in [2.75, 3.05) is 5.32 Å². The number of hydrogen-bond donors (Lipinski definition) is 1. The lowest BCUT2D eigenvalue weighted by Crippen LogP contribution is -2.23. The third-order valence-electron chi connectivity index (χ3n) is 4.13. The van der Waals surface area contributed by atoms with Crippen LogP contribution in [0, 0.1) is 0 Å². The average molecular weight is 415 g/mol. The summed E-state index contributed by atoms with van der Waals surface area (Å²) in [6, 6.07) is 14.2. The maximum absolute atomic E-state index is 12.5. The molecule has 1 amide bonds. The van der Waals surface area contributed by atoms with Gasteiger partial charge in [-0.1, -0.05) is 35.5 Å². The first kappa shape index (κ1) is 20.1. The van der Waals surface area contributed by atoms with Gasteiger partial charge in [-0.3, -0.25) is 9.59 Å². The van der Waals surface area contributed by atoms with Crippen LogP contribution in [0.2, 0.25) is 5.02 Å². The minimum Gasteiger partial charge on any atom is -0.325 e. The van der Waals surface area contributed by atoms with Gasteiger partial charge in [-0.15, -0.1) is 10.2 Å². The van der Waals surface area contributed by atoms with Gasteiger partial charge in [-0.05, 0) is 50.2 Å². The molecule has 1 heterocycles. The van der Waals surface area contributed by atoms with Gasteiger partial charge in [-0.2, -0.15) is 0 Å². The van der Waals surface area contributed by atoms with Crippen molar-refractivity contribution in [1.82, 2.24) is 14.8 Å². The van der Waals surface area contributed by atoms with Crippen LogP contribution in [-0.2, 0) is 11.8 Å². The Morgan fingerprint density at radius 1 is 1.14 bits per heavy atom. The number of Topliss-reactive ketones (excluding diaryl/α,β-unsaturated/α-hetero) is 1. The summed E-state index contributed by atoms with van der Waals surface area (Å²) < 4.78 is 1.84. The molecule has 0 radical (unpaired) electrons. The molecule has 28 heavy (non-hydrogen) atoms. The van der Waals surface area contributed by atoms with Gasteiger partial charge in [0.2, 0.25) is 5.91 Å². The van der Waals surface area contributed by atoms with E-state index in [1.165, 1.54) is 18.7 Å². The van der Waals surface area contributed by atoms with Gasteiger partial charge in [0.05, 0.1) is 5.25 Å². The molecular weight excluding hydrogens is 396 g/mol. The highest BCUT2D eigenvalue weighted by atomic mass is 35.5. The molecule has 3 aromatic rings. The molecule has 0 bridgehead atoms. The monoisotopic (exact) mass is 414 g/mol. The molecule has 8 heteroatoms. The van der Waals surface area contributed by atoms with E-state index in [0.717, 1.165) is 5.56 Å². The van der Waals surface area contributed by atoms with E-state index in [1.807, 2.05) is 23.7 Å². The third kappa shape index (κ3) is 4.61. The molecule has 0 saturated carbocycles. The predicted octanol–water partition coefficient (Wildman–Crippen LogP) is 4.46. The van der Waals surface area contributed by atoms with Crippen molar-refractivity contribution in [2.45, 2.75) is 24.3 Å². The van der Waals surface area contributed by atoms with Crippen molar-refractivity contribution in [1.29, 1.82) is 0 Å². The maximum atomic E-state index is 12.5. The maximum Gasteiger partial charge on any atom is 0.237 e. The second kappa shape index (κ2) is 8.58. The molecule has 0 unspecified atom stereocenters. The van der Waals surface area contributed by atoms with E-state index in [1.54, 1.807) is 43.3 Å². The summed E-state index contributed by atoms with van der Waals surface area (Å²) in [7, 11) is 1.85. The number of nitrogens with one attached hydrogen (secondary N) is 1. The normalized spacial score (nSPS) is 11.9. The van der Waals surface area contributed by atoms with Crippen molar-refractivity contribution >= 4 is 40.7 Å². The molecule has 3 rings (SSSR count). The van der Waals surface area contributed by atoms with Crippen molar-refractivity contribution in [2.24, 2.45) is 7.05 Å². The second-order valence-electron chi connectivity index (χ2n) is 6.26. The fourth-order valence-corrected chi connectivity index (χ4v) is 3.48. The van der Waals surface area contributed by atoms with E-state index in [9.17, 15) is 9.59 Å². The van der Waals surface area contributed by atoms with Crippen LogP contribution in [0.15, 0.2) is 53.7 Å². The van der Waals surface area contributed by atoms with Crippen molar-refractivity contribution in [3.8, 4) is 11.4 Å². The molecule has 0 aliphatic heterocycles. The van der Waals surface area contributed by atoms with Crippen LogP contribution in [0.5, 0.6) is 0 Å². The van der Waals surface area contributed by atoms with Crippen molar-refractivity contribution < 1.29 is 9.59 Å². The van der Waals surface area contributed by atoms with Crippen LogP contribution in [-0.4, -0.2) is 31.7 Å². The van der Waals surface area contributed by atoms with Crippen LogP contribution in [0.4, 0.5) is 5.69 Å². The van der Waals surface area contributed by atoms with Gasteiger partial charge in [0, 0.05) is 28.9 Å². The van der Waals surface area contributed by atoms with E-state index >= 15 is 0 Å². The largest absolute Gasteiger partial charge is 0.325 e. The molecule has 0 saturated heterocycles. The Morgan fingerprint density at radius 2 is 1.86 bits per heavy atom. The zero-order chi connectivity index (χ0) is 20.3. The summed E-state index contributed by atoms with van der Waals surface area (Å²) >= 11 is 7.24. The quantitative estimate of drug-likeness (QED) is 0.476. The number of anilines is 1. The van der Waals surface area contributed by atoms with Crippen molar-refractivity contribution in [3.05, 3.63) is 59.1 Å². The van der Waals surface area contributed by atoms with Gasteiger partial charge >= 0.3 is 0 Å². The summed E-state index contributed by atoms with van der Waals surface area (Å²) in [6.07, 6.45) is 0. The predicted molar refractivity (Wildman–Crippen MR) is 112 cm³/mol. The molecular formula is C20H19ClN4O2S. The van der Waals surface area contributed by atoms with Crippen LogP contribution < -0.4 is 5.32 Å². The van der Waals surface area contributed by atoms with E-state index < -0.39 is 5.25 Å². The average Bonchev–Trinajstić information content (AvgIpc) is 3.03. The van der Waals surface area contributed by atoms with Gasteiger partial charge < -0.3 is 9.88 Å². The Morgan fingerprint density at radius 3 is 2.54 bits per heavy atom. The molecule has 0 fully saturated rings. The van der Waals surface area contributed by atoms with E-state index in [-0.39, 0.29) is 11.7 Å². The minimum atomic E-state index is -0.401. The highest BCUT2D eigenvalue weighted by Gasteiger charge is 2.19. The number of nitrogens with zero attached hydrogens (tertiary/aromatic N) is 3. The number of aromatic nitrogens is 3. The first-order valence-electron chi connectivity index (χ1n) is 8.59. The van der Waals surface area contributed by atoms with Crippen molar-refractivity contribution in [3.63, 3.8) is 0 Å². The lowest BCUT2D eigenvalue weighted by molar-refractivity contribution is -0.115. The lowest BCUT2D eigenvalue weighted by Gasteiger charge is -2.12. The zero-order valence-electron chi connectivity index (χ0n) is 15.6. The Hall–Kier alpha value is -2.64. The SMILES string of the molecule is CC(=O)c1cccc(NC(=O)[C@@H](C)Sc2nnc(-c3ccc(Cl)cc3)n2C)c1. The standard InChI is InChI=1S/C20H19ClN4O2S/c1-12(26)15-5-4-6-17(11-15)22-19(27)13(2)28-20-24-23-18(25(20)3)14-7-9-16(21)10-8-14/h4-11,13H,1-3H3,(H,22,27)/t13-/m1/s1. The number of benzene rings is 2. The van der Waals surface area contributed by atoms with Crippen LogP contribution in [0.1, 0.15) is 24.2 Å². The smallest absolute Gasteiger partial charge is 0.237 e. The summed E-state index contributed by atoms with van der Waals surface area (Å²) in [5.41, 5.74) is 2.04. The molecule has 6 nitrogen and oxygen atoms in total. The molecule has 0 aliphatic carbocycles. The Labute approximate surface area is 172 Å². The van der Waals surface area contributed by atoms with Gasteiger partial charge in [-0.25, -0.2) is 0 Å². The topological polar surface area (TPSA) is 76.9 Å². The van der Waals surface area contributed by atoms with E-state index in [0.29, 0.717) is 27.3 Å². The number of hydrogen-bond acceptors (Lipinski definition) is 5. The number of carbonyl (C=O) groups excluding carboxylic acids is 2. The molecule has 1 atom stereocenters. The summed E-state index contributed by atoms with van der Waals surface area (Å²) in [6.45, 7) is 3.29. The molecule has 0 spiro atoms. The third-order valence-corrected chi connectivity index (χ3v) is 5.51. The molecule has 2 aromatic carbocycles. The number of carbonyl (C=O) groups is 2. The second-order valence-corrected chi connectivity index (χ2v) is 8.00. The summed E-state index contributed by atoms with van der Waals surface area (Å²) in [5, 5.41) is 12.1. The Balaban J connectivity index is 1.70. The fraction of sp³-hybridized carbons (Fsp3) is 0.200. The summed E-state index contributed by atoms with van der Waals surface area (Å²) in [5.74, 6) is 0.468. The molecule has 144 valence electrons. The van der Waals surface area contributed by atoms with Crippen LogP contribution in [0.3, 0.4) is 0 Å². The number of amides is 1. The highest BCUT2D eigenvalue weighted by Crippen LogP contribution is 2.27. The first-order valence-corrected chi connectivity index (χ1v) is 9.85. The Bertz CT molecular complexity index is 1020. The zero-order valence-corrected chi connectivity index (χ0v) is 17.2. The Kier molecular flexibility index (Phi) is 6.16. The number of rotatable bonds is 6. The molecule has 0 aliphatic rings. The molecule has 1 N–H and O–H groups in total. The number of halogens is 1.